The van der Waals surface area contributed by atoms with Crippen molar-refractivity contribution in [3.8, 4) is 0 Å². The van der Waals surface area contributed by atoms with Crippen LogP contribution in [0.5, 0.6) is 0 Å². The maximum atomic E-state index is 12.2. The number of hydrogen-bond acceptors (Lipinski definition) is 2. The molecule has 0 bridgehead atoms. The number of carbonyl (C=O) groups excluding carboxylic acids is 1. The first-order valence-electron chi connectivity index (χ1n) is 7.83. The van der Waals surface area contributed by atoms with Gasteiger partial charge in [0.25, 0.3) is 0 Å². The molecule has 2 aliphatic rings. The highest BCUT2D eigenvalue weighted by Crippen LogP contribution is 2.41. The Hall–Kier alpha value is -2.81. The zero-order chi connectivity index (χ0) is 15.8. The highest BCUT2D eigenvalue weighted by atomic mass is 16.2. The molecule has 1 N–H and O–H groups in total. The molecule has 0 aromatic heterocycles. The van der Waals surface area contributed by atoms with Gasteiger partial charge in [0, 0.05) is 13.1 Å². The van der Waals surface area contributed by atoms with E-state index in [2.05, 4.69) is 41.7 Å². The minimum absolute atomic E-state index is 0.0335. The Bertz CT molecular complexity index is 822. The first-order chi connectivity index (χ1) is 11.3. The van der Waals surface area contributed by atoms with E-state index in [9.17, 15) is 4.79 Å². The van der Waals surface area contributed by atoms with E-state index in [1.807, 2.05) is 41.6 Å². The van der Waals surface area contributed by atoms with Crippen molar-refractivity contribution in [1.82, 2.24) is 10.2 Å². The fraction of sp³-hybridized carbons (Fsp3) is 0.150. The molecule has 2 aromatic carbocycles. The second-order valence-electron chi connectivity index (χ2n) is 5.92. The molecule has 23 heavy (non-hydrogen) atoms. The SMILES string of the molecule is CC(=O)N1C=Cc2ccccc2[C@H]1[C@@H]1NC=Cc2ccccc21. The van der Waals surface area contributed by atoms with Crippen LogP contribution in [-0.2, 0) is 4.79 Å². The average molecular weight is 302 g/mol. The Balaban J connectivity index is 1.87. The smallest absolute Gasteiger partial charge is 0.224 e. The third-order valence-corrected chi connectivity index (χ3v) is 4.58. The molecule has 114 valence electrons. The fourth-order valence-corrected chi connectivity index (χ4v) is 3.51. The predicted octanol–water partition coefficient (Wildman–Crippen LogP) is 3.88. The van der Waals surface area contributed by atoms with Gasteiger partial charge in [-0.1, -0.05) is 48.5 Å². The molecule has 2 atom stereocenters. The Morgan fingerprint density at radius 1 is 0.957 bits per heavy atom. The summed E-state index contributed by atoms with van der Waals surface area (Å²) in [7, 11) is 0. The van der Waals surface area contributed by atoms with Crippen LogP contribution in [0.1, 0.15) is 41.3 Å². The minimum atomic E-state index is -0.0557. The monoisotopic (exact) mass is 302 g/mol. The molecule has 2 aliphatic heterocycles. The third-order valence-electron chi connectivity index (χ3n) is 4.58. The van der Waals surface area contributed by atoms with E-state index in [0.29, 0.717) is 0 Å². The Morgan fingerprint density at radius 3 is 2.35 bits per heavy atom. The van der Waals surface area contributed by atoms with Crippen molar-refractivity contribution in [2.24, 2.45) is 0 Å². The van der Waals surface area contributed by atoms with Crippen LogP contribution in [0.25, 0.3) is 12.2 Å². The van der Waals surface area contributed by atoms with Crippen molar-refractivity contribution < 1.29 is 4.79 Å². The van der Waals surface area contributed by atoms with Crippen molar-refractivity contribution in [1.29, 1.82) is 0 Å². The lowest BCUT2D eigenvalue weighted by Crippen LogP contribution is -2.39. The van der Waals surface area contributed by atoms with Crippen molar-refractivity contribution >= 4 is 18.1 Å². The van der Waals surface area contributed by atoms with E-state index in [-0.39, 0.29) is 18.0 Å². The number of nitrogens with one attached hydrogen (secondary N) is 1. The Labute approximate surface area is 135 Å². The van der Waals surface area contributed by atoms with Crippen molar-refractivity contribution in [3.05, 3.63) is 83.2 Å². The maximum Gasteiger partial charge on any atom is 0.224 e. The molecule has 0 saturated carbocycles. The number of nitrogens with zero attached hydrogens (tertiary/aromatic N) is 1. The van der Waals surface area contributed by atoms with Gasteiger partial charge in [0.2, 0.25) is 5.91 Å². The first kappa shape index (κ1) is 13.8. The Morgan fingerprint density at radius 2 is 1.61 bits per heavy atom. The summed E-state index contributed by atoms with van der Waals surface area (Å²) in [5.74, 6) is 0.0505. The number of amides is 1. The minimum Gasteiger partial charge on any atom is -0.382 e. The van der Waals surface area contributed by atoms with Crippen molar-refractivity contribution in [2.45, 2.75) is 19.0 Å². The van der Waals surface area contributed by atoms with Crippen LogP contribution >= 0.6 is 0 Å². The van der Waals surface area contributed by atoms with Crippen LogP contribution in [0.2, 0.25) is 0 Å². The maximum absolute atomic E-state index is 12.2. The summed E-state index contributed by atoms with van der Waals surface area (Å²) in [6, 6.07) is 16.6. The van der Waals surface area contributed by atoms with Gasteiger partial charge in [-0.25, -0.2) is 0 Å². The normalized spacial score (nSPS) is 21.3. The summed E-state index contributed by atoms with van der Waals surface area (Å²) in [5, 5.41) is 3.46. The van der Waals surface area contributed by atoms with Gasteiger partial charge in [0.15, 0.2) is 0 Å². The molecule has 2 aromatic rings. The number of rotatable bonds is 1. The van der Waals surface area contributed by atoms with Crippen LogP contribution < -0.4 is 5.32 Å². The second kappa shape index (κ2) is 5.43. The van der Waals surface area contributed by atoms with Crippen LogP contribution in [0, 0.1) is 0 Å². The summed E-state index contributed by atoms with van der Waals surface area (Å²) in [6.07, 6.45) is 7.97. The zero-order valence-corrected chi connectivity index (χ0v) is 12.9. The molecule has 0 fully saturated rings. The second-order valence-corrected chi connectivity index (χ2v) is 5.92. The summed E-state index contributed by atoms with van der Waals surface area (Å²) >= 11 is 0. The molecule has 0 aliphatic carbocycles. The summed E-state index contributed by atoms with van der Waals surface area (Å²) in [5.41, 5.74) is 4.76. The number of benzene rings is 2. The van der Waals surface area contributed by atoms with Crippen LogP contribution in [-0.4, -0.2) is 10.8 Å². The molecule has 0 saturated heterocycles. The molecule has 2 heterocycles. The van der Waals surface area contributed by atoms with Gasteiger partial charge in [-0.15, -0.1) is 0 Å². The fourth-order valence-electron chi connectivity index (χ4n) is 3.51. The molecular formula is C20H18N2O. The average Bonchev–Trinajstić information content (AvgIpc) is 2.60. The van der Waals surface area contributed by atoms with Gasteiger partial charge in [-0.05, 0) is 40.6 Å². The molecule has 4 rings (SSSR count). The van der Waals surface area contributed by atoms with Gasteiger partial charge in [-0.2, -0.15) is 0 Å². The highest BCUT2D eigenvalue weighted by Gasteiger charge is 2.35. The van der Waals surface area contributed by atoms with Crippen LogP contribution in [0.4, 0.5) is 0 Å². The lowest BCUT2D eigenvalue weighted by atomic mass is 9.84. The predicted molar refractivity (Wildman–Crippen MR) is 92.1 cm³/mol. The van der Waals surface area contributed by atoms with Crippen LogP contribution in [0.3, 0.4) is 0 Å². The quantitative estimate of drug-likeness (QED) is 0.867. The molecule has 0 spiro atoms. The summed E-state index contributed by atoms with van der Waals surface area (Å²) < 4.78 is 0. The topological polar surface area (TPSA) is 32.3 Å². The van der Waals surface area contributed by atoms with Gasteiger partial charge < -0.3 is 10.2 Å². The summed E-state index contributed by atoms with van der Waals surface area (Å²) in [4.78, 5) is 14.0. The molecule has 1 amide bonds. The molecule has 0 radical (unpaired) electrons. The zero-order valence-electron chi connectivity index (χ0n) is 12.9. The van der Waals surface area contributed by atoms with Crippen LogP contribution in [0.15, 0.2) is 60.9 Å². The molecule has 0 unspecified atom stereocenters. The molecule has 3 heteroatoms. The summed E-state index contributed by atoms with van der Waals surface area (Å²) in [6.45, 7) is 1.62. The lowest BCUT2D eigenvalue weighted by molar-refractivity contribution is -0.128. The van der Waals surface area contributed by atoms with E-state index < -0.39 is 0 Å². The highest BCUT2D eigenvalue weighted by molar-refractivity contribution is 5.78. The number of fused-ring (bicyclic) bond motifs is 2. The number of hydrogen-bond donors (Lipinski definition) is 1. The van der Waals surface area contributed by atoms with E-state index in [1.54, 1.807) is 6.92 Å². The van der Waals surface area contributed by atoms with Gasteiger partial charge >= 0.3 is 0 Å². The van der Waals surface area contributed by atoms with E-state index in [4.69, 9.17) is 0 Å². The van der Waals surface area contributed by atoms with Gasteiger partial charge in [-0.3, -0.25) is 4.79 Å². The van der Waals surface area contributed by atoms with Gasteiger partial charge in [0.1, 0.15) is 0 Å². The van der Waals surface area contributed by atoms with Gasteiger partial charge in [0.05, 0.1) is 12.1 Å². The van der Waals surface area contributed by atoms with E-state index in [0.717, 1.165) is 0 Å². The van der Waals surface area contributed by atoms with Crippen molar-refractivity contribution in [3.63, 3.8) is 0 Å². The van der Waals surface area contributed by atoms with E-state index >= 15 is 0 Å². The third kappa shape index (κ3) is 2.25. The molecular weight excluding hydrogens is 284 g/mol. The first-order valence-corrected chi connectivity index (χ1v) is 7.83. The standard InChI is InChI=1S/C20H18N2O/c1-14(23)22-13-11-16-7-3-5-9-18(16)20(22)19-17-8-4-2-6-15(17)10-12-21-19/h2-13,19-21H,1H3/t19-,20+/m1/s1. The molecule has 3 nitrogen and oxygen atoms in total. The Kier molecular flexibility index (Phi) is 3.27. The number of carbonyl (C=O) groups is 1. The lowest BCUT2D eigenvalue weighted by Gasteiger charge is -2.40. The van der Waals surface area contributed by atoms with E-state index in [1.165, 1.54) is 22.3 Å². The van der Waals surface area contributed by atoms with Crippen molar-refractivity contribution in [2.75, 3.05) is 0 Å². The largest absolute Gasteiger partial charge is 0.382 e.